The van der Waals surface area contributed by atoms with Crippen LogP contribution in [0.15, 0.2) is 12.2 Å². The van der Waals surface area contributed by atoms with Crippen molar-refractivity contribution in [1.29, 1.82) is 0 Å². The van der Waals surface area contributed by atoms with Crippen LogP contribution in [-0.2, 0) is 14.3 Å². The van der Waals surface area contributed by atoms with Crippen molar-refractivity contribution < 1.29 is 44.9 Å². The molecule has 8 unspecified atom stereocenters. The van der Waals surface area contributed by atoms with E-state index in [0.29, 0.717) is 19.3 Å². The molecule has 1 aliphatic heterocycles. The molecular weight excluding hydrogens is 698 g/mol. The number of rotatable bonds is 38. The van der Waals surface area contributed by atoms with Crippen LogP contribution in [0, 0.1) is 0 Å². The molecule has 0 bridgehead atoms. The Morgan fingerprint density at radius 1 is 0.600 bits per heavy atom. The molecule has 55 heavy (non-hydrogen) atoms. The zero-order chi connectivity index (χ0) is 40.4. The monoisotopic (exact) mass is 786 g/mol. The lowest BCUT2D eigenvalue weighted by atomic mass is 9.99. The molecule has 1 aliphatic rings. The molecule has 0 spiro atoms. The molecule has 10 nitrogen and oxygen atoms in total. The van der Waals surface area contributed by atoms with E-state index < -0.39 is 61.5 Å². The van der Waals surface area contributed by atoms with Gasteiger partial charge in [-0.15, -0.1) is 0 Å². The molecule has 0 radical (unpaired) electrons. The molecule has 1 rings (SSSR count). The van der Waals surface area contributed by atoms with Crippen molar-refractivity contribution in [2.75, 3.05) is 13.2 Å². The number of allylic oxidation sites excluding steroid dienone is 2. The summed E-state index contributed by atoms with van der Waals surface area (Å²) in [7, 11) is 0. The van der Waals surface area contributed by atoms with E-state index in [9.17, 15) is 35.4 Å². The number of aliphatic hydroxyl groups excluding tert-OH is 6. The van der Waals surface area contributed by atoms with E-state index in [-0.39, 0.29) is 6.61 Å². The molecule has 0 saturated carbocycles. The second kappa shape index (κ2) is 36.0. The minimum absolute atomic E-state index is 0.256. The Balaban J connectivity index is 2.41. The number of hydrogen-bond acceptors (Lipinski definition) is 9. The van der Waals surface area contributed by atoms with Gasteiger partial charge >= 0.3 is 0 Å². The van der Waals surface area contributed by atoms with E-state index in [1.54, 1.807) is 0 Å². The van der Waals surface area contributed by atoms with Crippen LogP contribution in [0.1, 0.15) is 206 Å². The lowest BCUT2D eigenvalue weighted by molar-refractivity contribution is -0.302. The summed E-state index contributed by atoms with van der Waals surface area (Å²) in [6.07, 6.45) is 29.7. The lowest BCUT2D eigenvalue weighted by Gasteiger charge is -2.40. The lowest BCUT2D eigenvalue weighted by Crippen LogP contribution is -2.60. The zero-order valence-electron chi connectivity index (χ0n) is 35.3. The average Bonchev–Trinajstić information content (AvgIpc) is 3.18. The summed E-state index contributed by atoms with van der Waals surface area (Å²) in [5, 5.41) is 64.8. The molecule has 0 aromatic rings. The number of hydrogen-bond donors (Lipinski definition) is 7. The van der Waals surface area contributed by atoms with Gasteiger partial charge in [-0.05, 0) is 38.5 Å². The predicted octanol–water partition coefficient (Wildman–Crippen LogP) is 8.31. The quantitative estimate of drug-likeness (QED) is 0.0241. The molecule has 1 fully saturated rings. The summed E-state index contributed by atoms with van der Waals surface area (Å²) >= 11 is 0. The Morgan fingerprint density at radius 3 is 1.47 bits per heavy atom. The third kappa shape index (κ3) is 26.5. The molecule has 326 valence electrons. The summed E-state index contributed by atoms with van der Waals surface area (Å²) in [6, 6.07) is -0.894. The van der Waals surface area contributed by atoms with Gasteiger partial charge in [0.25, 0.3) is 0 Å². The fraction of sp³-hybridized carbons (Fsp3) is 0.933. The van der Waals surface area contributed by atoms with Crippen LogP contribution in [0.3, 0.4) is 0 Å². The van der Waals surface area contributed by atoms with Crippen LogP contribution < -0.4 is 5.32 Å². The SMILES string of the molecule is CCCCCCCCC/C=C\CCCCCCC(O)C(=O)NC(COC1OC(CO)C(O)C(O)C1O)C(O)CCCCCCCCCCCCCCCCC. The van der Waals surface area contributed by atoms with E-state index in [1.165, 1.54) is 116 Å². The van der Waals surface area contributed by atoms with Gasteiger partial charge in [-0.25, -0.2) is 0 Å². The first kappa shape index (κ1) is 51.9. The molecule has 8 atom stereocenters. The van der Waals surface area contributed by atoms with Gasteiger partial charge in [-0.1, -0.05) is 180 Å². The largest absolute Gasteiger partial charge is 0.394 e. The van der Waals surface area contributed by atoms with Crippen molar-refractivity contribution in [1.82, 2.24) is 5.32 Å². The maximum atomic E-state index is 13.0. The van der Waals surface area contributed by atoms with E-state index in [4.69, 9.17) is 9.47 Å². The predicted molar refractivity (Wildman–Crippen MR) is 223 cm³/mol. The van der Waals surface area contributed by atoms with Crippen molar-refractivity contribution in [2.45, 2.75) is 255 Å². The van der Waals surface area contributed by atoms with Gasteiger partial charge < -0.3 is 45.4 Å². The molecule has 1 heterocycles. The van der Waals surface area contributed by atoms with Gasteiger partial charge in [0.2, 0.25) is 5.91 Å². The molecule has 0 aliphatic carbocycles. The first-order valence-electron chi connectivity index (χ1n) is 23.0. The topological polar surface area (TPSA) is 169 Å². The molecule has 0 aromatic heterocycles. The van der Waals surface area contributed by atoms with E-state index in [2.05, 4.69) is 31.3 Å². The number of aliphatic hydroxyl groups is 6. The van der Waals surface area contributed by atoms with E-state index >= 15 is 0 Å². The molecule has 0 aromatic carbocycles. The number of nitrogens with one attached hydrogen (secondary N) is 1. The smallest absolute Gasteiger partial charge is 0.249 e. The van der Waals surface area contributed by atoms with Gasteiger partial charge in [-0.3, -0.25) is 4.79 Å². The Kier molecular flexibility index (Phi) is 34.0. The highest BCUT2D eigenvalue weighted by molar-refractivity contribution is 5.80. The van der Waals surface area contributed by atoms with Gasteiger partial charge in [0, 0.05) is 0 Å². The van der Waals surface area contributed by atoms with Gasteiger partial charge in [0.05, 0.1) is 25.4 Å². The highest BCUT2D eigenvalue weighted by atomic mass is 16.7. The minimum atomic E-state index is -1.60. The highest BCUT2D eigenvalue weighted by Gasteiger charge is 2.44. The minimum Gasteiger partial charge on any atom is -0.394 e. The van der Waals surface area contributed by atoms with Crippen molar-refractivity contribution in [2.24, 2.45) is 0 Å². The van der Waals surface area contributed by atoms with Crippen molar-refractivity contribution >= 4 is 5.91 Å². The first-order valence-corrected chi connectivity index (χ1v) is 23.0. The molecule has 7 N–H and O–H groups in total. The summed E-state index contributed by atoms with van der Waals surface area (Å²) in [5.74, 6) is -0.591. The van der Waals surface area contributed by atoms with Crippen LogP contribution in [0.4, 0.5) is 0 Å². The van der Waals surface area contributed by atoms with Crippen molar-refractivity contribution in [3.05, 3.63) is 12.2 Å². The Labute approximate surface area is 336 Å². The Morgan fingerprint density at radius 2 is 1.02 bits per heavy atom. The van der Waals surface area contributed by atoms with Crippen LogP contribution in [0.5, 0.6) is 0 Å². The first-order chi connectivity index (χ1) is 26.8. The number of amides is 1. The second-order valence-electron chi connectivity index (χ2n) is 16.3. The average molecular weight is 786 g/mol. The van der Waals surface area contributed by atoms with Crippen LogP contribution >= 0.6 is 0 Å². The molecular formula is C45H87NO9. The number of unbranched alkanes of at least 4 members (excludes halogenated alkanes) is 25. The van der Waals surface area contributed by atoms with E-state index in [0.717, 1.165) is 57.8 Å². The summed E-state index contributed by atoms with van der Waals surface area (Å²) in [5.41, 5.74) is 0. The van der Waals surface area contributed by atoms with Crippen molar-refractivity contribution in [3.8, 4) is 0 Å². The Bertz CT molecular complexity index is 890. The fourth-order valence-electron chi connectivity index (χ4n) is 7.40. The molecule has 10 heteroatoms. The molecule has 1 saturated heterocycles. The third-order valence-corrected chi connectivity index (χ3v) is 11.2. The van der Waals surface area contributed by atoms with Crippen molar-refractivity contribution in [3.63, 3.8) is 0 Å². The third-order valence-electron chi connectivity index (χ3n) is 11.2. The number of ether oxygens (including phenoxy) is 2. The van der Waals surface area contributed by atoms with Crippen LogP contribution in [0.2, 0.25) is 0 Å². The second-order valence-corrected chi connectivity index (χ2v) is 16.3. The zero-order valence-corrected chi connectivity index (χ0v) is 35.3. The maximum Gasteiger partial charge on any atom is 0.249 e. The summed E-state index contributed by atoms with van der Waals surface area (Å²) in [4.78, 5) is 13.0. The fourth-order valence-corrected chi connectivity index (χ4v) is 7.40. The van der Waals surface area contributed by atoms with Crippen LogP contribution in [0.25, 0.3) is 0 Å². The molecule has 1 amide bonds. The number of carbonyl (C=O) groups is 1. The van der Waals surface area contributed by atoms with Gasteiger partial charge in [0.1, 0.15) is 30.5 Å². The summed E-state index contributed by atoms with van der Waals surface area (Å²) < 4.78 is 11.2. The van der Waals surface area contributed by atoms with Gasteiger partial charge in [0.15, 0.2) is 6.29 Å². The Hall–Kier alpha value is -1.11. The van der Waals surface area contributed by atoms with E-state index in [1.807, 2.05) is 0 Å². The maximum absolute atomic E-state index is 13.0. The number of carbonyl (C=O) groups excluding carboxylic acids is 1. The van der Waals surface area contributed by atoms with Gasteiger partial charge in [-0.2, -0.15) is 0 Å². The highest BCUT2D eigenvalue weighted by Crippen LogP contribution is 2.23. The standard InChI is InChI=1S/C45H87NO9/c1-3-5-7-9-11-13-15-17-19-21-23-25-27-29-31-33-38(48)37(36-54-45-43(52)42(51)41(50)40(35-47)55-45)46-44(53)39(49)34-32-30-28-26-24-22-20-18-16-14-12-10-8-6-4-2/h20,22,37-43,45,47-52H,3-19,21,23-36H2,1-2H3,(H,46,53)/b22-20-. The van der Waals surface area contributed by atoms with Crippen LogP contribution in [-0.4, -0.2) is 98.7 Å². The summed E-state index contributed by atoms with van der Waals surface area (Å²) in [6.45, 7) is 3.66. The normalized spacial score (nSPS) is 21.9.